The number of aromatic nitrogens is 1. The lowest BCUT2D eigenvalue weighted by Gasteiger charge is -2.20. The normalized spacial score (nSPS) is 12.4. The third-order valence-electron chi connectivity index (χ3n) is 2.84. The zero-order chi connectivity index (χ0) is 14.7. The van der Waals surface area contributed by atoms with Crippen molar-refractivity contribution in [1.82, 2.24) is 10.3 Å². The Labute approximate surface area is 129 Å². The zero-order valence-electron chi connectivity index (χ0n) is 10.6. The second kappa shape index (κ2) is 6.61. The van der Waals surface area contributed by atoms with Crippen LogP contribution in [0.25, 0.3) is 0 Å². The van der Waals surface area contributed by atoms with Crippen LogP contribution in [0.4, 0.5) is 8.78 Å². The number of pyridine rings is 1. The topological polar surface area (TPSA) is 24.9 Å². The Bertz CT molecular complexity index is 622. The molecule has 106 valence electrons. The summed E-state index contributed by atoms with van der Waals surface area (Å²) in [5.74, 6) is -0.995. The van der Waals surface area contributed by atoms with Crippen molar-refractivity contribution < 1.29 is 8.78 Å². The molecule has 0 aliphatic heterocycles. The van der Waals surface area contributed by atoms with E-state index in [1.165, 1.54) is 12.3 Å². The summed E-state index contributed by atoms with van der Waals surface area (Å²) in [6, 6.07) is 4.10. The van der Waals surface area contributed by atoms with E-state index in [0.717, 1.165) is 6.20 Å². The summed E-state index contributed by atoms with van der Waals surface area (Å²) in [6.45, 7) is 2.48. The molecule has 0 spiro atoms. The van der Waals surface area contributed by atoms with E-state index in [-0.39, 0.29) is 5.02 Å². The van der Waals surface area contributed by atoms with E-state index < -0.39 is 17.7 Å². The van der Waals surface area contributed by atoms with Gasteiger partial charge in [-0.3, -0.25) is 4.98 Å². The largest absolute Gasteiger partial charge is 0.306 e. The van der Waals surface area contributed by atoms with Crippen LogP contribution in [-0.2, 0) is 0 Å². The van der Waals surface area contributed by atoms with Gasteiger partial charge in [-0.05, 0) is 40.2 Å². The van der Waals surface area contributed by atoms with Gasteiger partial charge in [0.25, 0.3) is 0 Å². The number of rotatable bonds is 4. The molecule has 0 saturated carbocycles. The molecular weight excluding hydrogens is 350 g/mol. The minimum atomic E-state index is -0.531. The minimum absolute atomic E-state index is 0.00904. The zero-order valence-corrected chi connectivity index (χ0v) is 13.0. The SMILES string of the molecule is CCNC(c1cncc(F)c1)c1ccc(Br)c(Cl)c1F. The monoisotopic (exact) mass is 360 g/mol. The molecule has 0 radical (unpaired) electrons. The molecule has 1 aromatic heterocycles. The average molecular weight is 362 g/mol. The van der Waals surface area contributed by atoms with Crippen LogP contribution < -0.4 is 5.32 Å². The molecular formula is C14H12BrClF2N2. The van der Waals surface area contributed by atoms with Crippen molar-refractivity contribution in [2.24, 2.45) is 0 Å². The number of nitrogens with one attached hydrogen (secondary N) is 1. The fraction of sp³-hybridized carbons (Fsp3) is 0.214. The van der Waals surface area contributed by atoms with Crippen molar-refractivity contribution in [3.8, 4) is 0 Å². The van der Waals surface area contributed by atoms with Gasteiger partial charge in [-0.15, -0.1) is 0 Å². The molecule has 0 amide bonds. The lowest BCUT2D eigenvalue weighted by molar-refractivity contribution is 0.552. The highest BCUT2D eigenvalue weighted by molar-refractivity contribution is 9.10. The van der Waals surface area contributed by atoms with Gasteiger partial charge < -0.3 is 5.32 Å². The van der Waals surface area contributed by atoms with Crippen molar-refractivity contribution in [2.45, 2.75) is 13.0 Å². The Hall–Kier alpha value is -1.04. The molecule has 20 heavy (non-hydrogen) atoms. The van der Waals surface area contributed by atoms with Gasteiger partial charge in [-0.2, -0.15) is 0 Å². The molecule has 0 bridgehead atoms. The predicted octanol–water partition coefficient (Wildman–Crippen LogP) is 4.47. The maximum atomic E-state index is 14.3. The third-order valence-corrected chi connectivity index (χ3v) is 4.10. The molecule has 0 aliphatic rings. The average Bonchev–Trinajstić information content (AvgIpc) is 2.43. The number of benzene rings is 1. The predicted molar refractivity (Wildman–Crippen MR) is 78.8 cm³/mol. The summed E-state index contributed by atoms with van der Waals surface area (Å²) in [5.41, 5.74) is 0.900. The molecule has 2 aromatic rings. The van der Waals surface area contributed by atoms with Gasteiger partial charge in [0.15, 0.2) is 0 Å². The highest BCUT2D eigenvalue weighted by atomic mass is 79.9. The third kappa shape index (κ3) is 3.16. The van der Waals surface area contributed by atoms with Gasteiger partial charge in [-0.1, -0.05) is 24.6 Å². The van der Waals surface area contributed by atoms with Crippen LogP contribution in [0.1, 0.15) is 24.1 Å². The second-order valence-electron chi connectivity index (χ2n) is 4.19. The molecule has 2 nitrogen and oxygen atoms in total. The minimum Gasteiger partial charge on any atom is -0.306 e. The summed E-state index contributed by atoms with van der Waals surface area (Å²) in [5, 5.41) is 3.12. The van der Waals surface area contributed by atoms with E-state index in [2.05, 4.69) is 26.2 Å². The number of hydrogen-bond donors (Lipinski definition) is 1. The second-order valence-corrected chi connectivity index (χ2v) is 5.42. The maximum absolute atomic E-state index is 14.3. The molecule has 1 N–H and O–H groups in total. The van der Waals surface area contributed by atoms with Crippen molar-refractivity contribution >= 4 is 27.5 Å². The molecule has 2 rings (SSSR count). The van der Waals surface area contributed by atoms with Crippen LogP contribution in [-0.4, -0.2) is 11.5 Å². The highest BCUT2D eigenvalue weighted by Gasteiger charge is 2.20. The van der Waals surface area contributed by atoms with Crippen LogP contribution in [0.15, 0.2) is 35.1 Å². The summed E-state index contributed by atoms with van der Waals surface area (Å²) < 4.78 is 28.1. The summed E-state index contributed by atoms with van der Waals surface area (Å²) in [4.78, 5) is 3.80. The van der Waals surface area contributed by atoms with Gasteiger partial charge in [0.1, 0.15) is 11.6 Å². The first kappa shape index (κ1) is 15.4. The van der Waals surface area contributed by atoms with E-state index >= 15 is 0 Å². The number of hydrogen-bond acceptors (Lipinski definition) is 2. The summed E-state index contributed by atoms with van der Waals surface area (Å²) in [7, 11) is 0. The van der Waals surface area contributed by atoms with Crippen LogP contribution >= 0.6 is 27.5 Å². The lowest BCUT2D eigenvalue weighted by atomic mass is 9.99. The standard InChI is InChI=1S/C14H12BrClF2N2/c1-2-20-14(8-5-9(17)7-19-6-8)10-3-4-11(15)12(16)13(10)18/h3-7,14,20H,2H2,1H3. The molecule has 6 heteroatoms. The first-order valence-electron chi connectivity index (χ1n) is 6.01. The van der Waals surface area contributed by atoms with Gasteiger partial charge >= 0.3 is 0 Å². The van der Waals surface area contributed by atoms with Gasteiger partial charge in [-0.25, -0.2) is 8.78 Å². The van der Waals surface area contributed by atoms with Crippen molar-refractivity contribution in [3.05, 3.63) is 62.8 Å². The molecule has 1 heterocycles. The Morgan fingerprint density at radius 1 is 1.35 bits per heavy atom. The Morgan fingerprint density at radius 3 is 2.75 bits per heavy atom. The fourth-order valence-corrected chi connectivity index (χ4v) is 2.44. The van der Waals surface area contributed by atoms with Crippen LogP contribution in [0.5, 0.6) is 0 Å². The maximum Gasteiger partial charge on any atom is 0.148 e. The Balaban J connectivity index is 2.51. The van der Waals surface area contributed by atoms with E-state index in [4.69, 9.17) is 11.6 Å². The van der Waals surface area contributed by atoms with Crippen LogP contribution in [0.3, 0.4) is 0 Å². The molecule has 0 saturated heterocycles. The summed E-state index contributed by atoms with van der Waals surface area (Å²) in [6.07, 6.45) is 2.61. The van der Waals surface area contributed by atoms with Crippen molar-refractivity contribution in [3.63, 3.8) is 0 Å². The molecule has 0 fully saturated rings. The van der Waals surface area contributed by atoms with Gasteiger partial charge in [0.2, 0.25) is 0 Å². The molecule has 1 atom stereocenters. The quantitative estimate of drug-likeness (QED) is 0.813. The summed E-state index contributed by atoms with van der Waals surface area (Å²) >= 11 is 9.08. The first-order valence-corrected chi connectivity index (χ1v) is 7.19. The Morgan fingerprint density at radius 2 is 2.10 bits per heavy atom. The molecule has 1 aromatic carbocycles. The van der Waals surface area contributed by atoms with E-state index in [1.807, 2.05) is 6.92 Å². The van der Waals surface area contributed by atoms with Crippen LogP contribution in [0.2, 0.25) is 5.02 Å². The molecule has 0 aliphatic carbocycles. The first-order chi connectivity index (χ1) is 9.54. The number of nitrogens with zero attached hydrogens (tertiary/aromatic N) is 1. The Kier molecular flexibility index (Phi) is 5.07. The van der Waals surface area contributed by atoms with Gasteiger partial charge in [0.05, 0.1) is 17.3 Å². The van der Waals surface area contributed by atoms with Crippen molar-refractivity contribution in [1.29, 1.82) is 0 Å². The molecule has 1 unspecified atom stereocenters. The van der Waals surface area contributed by atoms with E-state index in [9.17, 15) is 8.78 Å². The smallest absolute Gasteiger partial charge is 0.148 e. The van der Waals surface area contributed by atoms with Crippen LogP contribution in [0, 0.1) is 11.6 Å². The fourth-order valence-electron chi connectivity index (χ4n) is 1.96. The van der Waals surface area contributed by atoms with E-state index in [0.29, 0.717) is 22.1 Å². The lowest BCUT2D eigenvalue weighted by Crippen LogP contribution is -2.23. The van der Waals surface area contributed by atoms with Gasteiger partial charge in [0, 0.05) is 16.2 Å². The van der Waals surface area contributed by atoms with Crippen molar-refractivity contribution in [2.75, 3.05) is 6.54 Å². The number of halogens is 4. The highest BCUT2D eigenvalue weighted by Crippen LogP contribution is 2.32. The van der Waals surface area contributed by atoms with E-state index in [1.54, 1.807) is 12.1 Å².